The lowest BCUT2D eigenvalue weighted by atomic mass is 9.88. The summed E-state index contributed by atoms with van der Waals surface area (Å²) in [5.41, 5.74) is 0.853. The number of ether oxygens (including phenoxy) is 2. The molecule has 0 bridgehead atoms. The molecule has 0 radical (unpaired) electrons. The second kappa shape index (κ2) is 6.87. The van der Waals surface area contributed by atoms with Gasteiger partial charge in [-0.1, -0.05) is 19.9 Å². The van der Waals surface area contributed by atoms with Gasteiger partial charge in [-0.25, -0.2) is 0 Å². The van der Waals surface area contributed by atoms with Crippen molar-refractivity contribution in [3.8, 4) is 5.75 Å². The Morgan fingerprint density at radius 3 is 2.76 bits per heavy atom. The number of nitrogens with zero attached hydrogens (tertiary/aromatic N) is 1. The zero-order valence-corrected chi connectivity index (χ0v) is 12.3. The maximum absolute atomic E-state index is 11.1. The first-order valence-electron chi connectivity index (χ1n) is 7.30. The Bertz CT molecular complexity index is 505. The van der Waals surface area contributed by atoms with Crippen LogP contribution in [0.15, 0.2) is 18.2 Å². The SMILES string of the molecule is CCCOC1C(O)CC1Oc1ccc(CC)cc1[N+](=O)[O-]. The van der Waals surface area contributed by atoms with Crippen molar-refractivity contribution in [2.45, 2.75) is 51.4 Å². The van der Waals surface area contributed by atoms with E-state index >= 15 is 0 Å². The molecular weight excluding hydrogens is 274 g/mol. The van der Waals surface area contributed by atoms with Crippen molar-refractivity contribution in [3.05, 3.63) is 33.9 Å². The number of hydrogen-bond donors (Lipinski definition) is 1. The summed E-state index contributed by atoms with van der Waals surface area (Å²) in [5, 5.41) is 20.8. The van der Waals surface area contributed by atoms with Crippen LogP contribution in [0.4, 0.5) is 5.69 Å². The Hall–Kier alpha value is -1.66. The van der Waals surface area contributed by atoms with Crippen LogP contribution in [-0.2, 0) is 11.2 Å². The summed E-state index contributed by atoms with van der Waals surface area (Å²) in [7, 11) is 0. The molecule has 21 heavy (non-hydrogen) atoms. The van der Waals surface area contributed by atoms with Crippen molar-refractivity contribution in [1.82, 2.24) is 0 Å². The molecule has 1 N–H and O–H groups in total. The number of aliphatic hydroxyl groups is 1. The van der Waals surface area contributed by atoms with Gasteiger partial charge in [-0.15, -0.1) is 0 Å². The first kappa shape index (κ1) is 15.7. The molecule has 3 atom stereocenters. The van der Waals surface area contributed by atoms with Gasteiger partial charge in [-0.2, -0.15) is 0 Å². The maximum Gasteiger partial charge on any atom is 0.311 e. The highest BCUT2D eigenvalue weighted by atomic mass is 16.6. The molecule has 1 aliphatic carbocycles. The number of aryl methyl sites for hydroxylation is 1. The summed E-state index contributed by atoms with van der Waals surface area (Å²) in [6.45, 7) is 4.46. The van der Waals surface area contributed by atoms with Gasteiger partial charge in [-0.3, -0.25) is 10.1 Å². The quantitative estimate of drug-likeness (QED) is 0.617. The third-order valence-electron chi connectivity index (χ3n) is 3.64. The molecule has 0 saturated heterocycles. The third-order valence-corrected chi connectivity index (χ3v) is 3.64. The molecule has 1 aliphatic rings. The van der Waals surface area contributed by atoms with Crippen LogP contribution >= 0.6 is 0 Å². The van der Waals surface area contributed by atoms with Gasteiger partial charge in [0.15, 0.2) is 5.75 Å². The molecule has 0 aliphatic heterocycles. The Morgan fingerprint density at radius 1 is 1.43 bits per heavy atom. The summed E-state index contributed by atoms with van der Waals surface area (Å²) < 4.78 is 11.2. The number of rotatable bonds is 7. The minimum Gasteiger partial charge on any atom is -0.481 e. The number of aliphatic hydroxyl groups excluding tert-OH is 1. The van der Waals surface area contributed by atoms with Crippen LogP contribution in [0.25, 0.3) is 0 Å². The second-order valence-corrected chi connectivity index (χ2v) is 5.21. The summed E-state index contributed by atoms with van der Waals surface area (Å²) in [5.74, 6) is 0.235. The maximum atomic E-state index is 11.1. The molecule has 0 heterocycles. The van der Waals surface area contributed by atoms with Crippen molar-refractivity contribution in [1.29, 1.82) is 0 Å². The molecule has 3 unspecified atom stereocenters. The van der Waals surface area contributed by atoms with Gasteiger partial charge < -0.3 is 14.6 Å². The van der Waals surface area contributed by atoms with E-state index in [0.29, 0.717) is 13.0 Å². The molecular formula is C15H21NO5. The lowest BCUT2D eigenvalue weighted by Crippen LogP contribution is -2.55. The average molecular weight is 295 g/mol. The Balaban J connectivity index is 2.10. The molecule has 6 heteroatoms. The first-order valence-corrected chi connectivity index (χ1v) is 7.30. The average Bonchev–Trinajstić information content (AvgIpc) is 2.47. The zero-order valence-electron chi connectivity index (χ0n) is 12.3. The molecule has 1 fully saturated rings. The molecule has 0 aromatic heterocycles. The Labute approximate surface area is 123 Å². The van der Waals surface area contributed by atoms with Crippen LogP contribution in [0.3, 0.4) is 0 Å². The van der Waals surface area contributed by atoms with Crippen molar-refractivity contribution >= 4 is 5.69 Å². The van der Waals surface area contributed by atoms with E-state index in [9.17, 15) is 15.2 Å². The summed E-state index contributed by atoms with van der Waals surface area (Å²) in [6, 6.07) is 4.98. The molecule has 1 aromatic rings. The lowest BCUT2D eigenvalue weighted by Gasteiger charge is -2.40. The fourth-order valence-corrected chi connectivity index (χ4v) is 2.33. The smallest absolute Gasteiger partial charge is 0.311 e. The van der Waals surface area contributed by atoms with E-state index in [4.69, 9.17) is 9.47 Å². The topological polar surface area (TPSA) is 81.8 Å². The van der Waals surface area contributed by atoms with Gasteiger partial charge in [0, 0.05) is 19.1 Å². The van der Waals surface area contributed by atoms with E-state index in [2.05, 4.69) is 0 Å². The minimum absolute atomic E-state index is 0.0371. The van der Waals surface area contributed by atoms with Gasteiger partial charge in [0.1, 0.15) is 12.2 Å². The number of nitro groups is 1. The van der Waals surface area contributed by atoms with E-state index in [1.807, 2.05) is 19.9 Å². The van der Waals surface area contributed by atoms with E-state index < -0.39 is 17.1 Å². The third kappa shape index (κ3) is 3.51. The fraction of sp³-hybridized carbons (Fsp3) is 0.600. The van der Waals surface area contributed by atoms with Crippen molar-refractivity contribution in [2.75, 3.05) is 6.61 Å². The summed E-state index contributed by atoms with van der Waals surface area (Å²) in [6.07, 6.45) is 0.706. The summed E-state index contributed by atoms with van der Waals surface area (Å²) >= 11 is 0. The van der Waals surface area contributed by atoms with Crippen LogP contribution in [0, 0.1) is 10.1 Å². The predicted octanol–water partition coefficient (Wildman–Crippen LogP) is 2.46. The normalized spacial score (nSPS) is 24.4. The van der Waals surface area contributed by atoms with Gasteiger partial charge in [0.25, 0.3) is 0 Å². The Kier molecular flexibility index (Phi) is 5.14. The van der Waals surface area contributed by atoms with Crippen LogP contribution in [0.2, 0.25) is 0 Å². The molecule has 2 rings (SSSR count). The Morgan fingerprint density at radius 2 is 2.19 bits per heavy atom. The van der Waals surface area contributed by atoms with Crippen LogP contribution in [-0.4, -0.2) is 34.9 Å². The minimum atomic E-state index is -0.560. The van der Waals surface area contributed by atoms with Crippen LogP contribution in [0.5, 0.6) is 5.75 Å². The molecule has 0 amide bonds. The number of hydrogen-bond acceptors (Lipinski definition) is 5. The molecule has 0 spiro atoms. The van der Waals surface area contributed by atoms with E-state index in [-0.39, 0.29) is 17.5 Å². The van der Waals surface area contributed by atoms with Crippen molar-refractivity contribution in [3.63, 3.8) is 0 Å². The first-order chi connectivity index (χ1) is 10.1. The zero-order chi connectivity index (χ0) is 15.4. The largest absolute Gasteiger partial charge is 0.481 e. The second-order valence-electron chi connectivity index (χ2n) is 5.21. The van der Waals surface area contributed by atoms with Gasteiger partial charge in [-0.05, 0) is 24.5 Å². The lowest BCUT2D eigenvalue weighted by molar-refractivity contribution is -0.386. The van der Waals surface area contributed by atoms with Crippen molar-refractivity contribution < 1.29 is 19.5 Å². The van der Waals surface area contributed by atoms with Gasteiger partial charge in [0.05, 0.1) is 11.0 Å². The van der Waals surface area contributed by atoms with Gasteiger partial charge >= 0.3 is 5.69 Å². The summed E-state index contributed by atoms with van der Waals surface area (Å²) in [4.78, 5) is 10.7. The van der Waals surface area contributed by atoms with Crippen LogP contribution in [0.1, 0.15) is 32.3 Å². The standard InChI is InChI=1S/C15H21NO5/c1-3-7-20-15-12(17)9-14(15)21-13-6-5-10(4-2)8-11(13)16(18)19/h5-6,8,12,14-15,17H,3-4,7,9H2,1-2H3. The molecule has 1 aromatic carbocycles. The van der Waals surface area contributed by atoms with Crippen LogP contribution < -0.4 is 4.74 Å². The molecule has 6 nitrogen and oxygen atoms in total. The molecule has 116 valence electrons. The van der Waals surface area contributed by atoms with Gasteiger partial charge in [0.2, 0.25) is 0 Å². The fourth-order valence-electron chi connectivity index (χ4n) is 2.33. The predicted molar refractivity (Wildman–Crippen MR) is 77.5 cm³/mol. The van der Waals surface area contributed by atoms with E-state index in [0.717, 1.165) is 18.4 Å². The van der Waals surface area contributed by atoms with E-state index in [1.165, 1.54) is 6.07 Å². The highest BCUT2D eigenvalue weighted by Crippen LogP contribution is 2.34. The number of benzene rings is 1. The van der Waals surface area contributed by atoms with E-state index in [1.54, 1.807) is 6.07 Å². The number of nitro benzene ring substituents is 1. The van der Waals surface area contributed by atoms with Crippen molar-refractivity contribution in [2.24, 2.45) is 0 Å². The highest BCUT2D eigenvalue weighted by molar-refractivity contribution is 5.49. The molecule has 1 saturated carbocycles. The monoisotopic (exact) mass is 295 g/mol. The highest BCUT2D eigenvalue weighted by Gasteiger charge is 2.43.